The van der Waals surface area contributed by atoms with Gasteiger partial charge in [-0.1, -0.05) is 29.8 Å². The Morgan fingerprint density at radius 1 is 1.04 bits per heavy atom. The fourth-order valence-electron chi connectivity index (χ4n) is 3.43. The van der Waals surface area contributed by atoms with Crippen LogP contribution >= 0.6 is 0 Å². The first kappa shape index (κ1) is 18.1. The SMILES string of the molecule is O=C(Nc1cccc2cccnc12)c1ccnc(NCCC2=CCCCC2)n1. The van der Waals surface area contributed by atoms with Crippen molar-refractivity contribution in [2.75, 3.05) is 17.2 Å². The average molecular weight is 373 g/mol. The zero-order chi connectivity index (χ0) is 19.2. The number of aromatic nitrogens is 3. The fraction of sp³-hybridized carbons (Fsp3) is 0.273. The normalized spacial score (nSPS) is 13.8. The number of anilines is 2. The van der Waals surface area contributed by atoms with Crippen LogP contribution in [0.1, 0.15) is 42.6 Å². The van der Waals surface area contributed by atoms with Crippen LogP contribution in [0.15, 0.2) is 60.4 Å². The molecule has 6 heteroatoms. The van der Waals surface area contributed by atoms with E-state index in [0.29, 0.717) is 17.3 Å². The molecule has 2 heterocycles. The quantitative estimate of drug-likeness (QED) is 0.618. The van der Waals surface area contributed by atoms with Crippen LogP contribution in [0.2, 0.25) is 0 Å². The van der Waals surface area contributed by atoms with Gasteiger partial charge < -0.3 is 10.6 Å². The number of para-hydroxylation sites is 1. The van der Waals surface area contributed by atoms with Gasteiger partial charge in [0.1, 0.15) is 5.69 Å². The minimum absolute atomic E-state index is 0.279. The second-order valence-corrected chi connectivity index (χ2v) is 6.89. The Kier molecular flexibility index (Phi) is 5.56. The van der Waals surface area contributed by atoms with E-state index in [2.05, 4.69) is 31.7 Å². The van der Waals surface area contributed by atoms with Gasteiger partial charge in [-0.25, -0.2) is 9.97 Å². The molecule has 0 fully saturated rings. The standard InChI is InChI=1S/C22H23N5O/c28-21(26-18-10-4-8-17-9-5-13-23-20(17)18)19-12-15-25-22(27-19)24-14-11-16-6-2-1-3-7-16/h4-6,8-10,12-13,15H,1-3,7,11,14H2,(H,26,28)(H,24,25,27). The van der Waals surface area contributed by atoms with Gasteiger partial charge in [-0.05, 0) is 50.3 Å². The third-order valence-electron chi connectivity index (χ3n) is 4.88. The summed E-state index contributed by atoms with van der Waals surface area (Å²) in [6.07, 6.45) is 11.6. The van der Waals surface area contributed by atoms with Crippen LogP contribution in [0.4, 0.5) is 11.6 Å². The maximum Gasteiger partial charge on any atom is 0.274 e. The van der Waals surface area contributed by atoms with E-state index >= 15 is 0 Å². The number of carbonyl (C=O) groups is 1. The maximum atomic E-state index is 12.7. The van der Waals surface area contributed by atoms with Crippen LogP contribution < -0.4 is 10.6 Å². The maximum absolute atomic E-state index is 12.7. The number of benzene rings is 1. The average Bonchev–Trinajstić information content (AvgIpc) is 2.75. The van der Waals surface area contributed by atoms with E-state index in [1.54, 1.807) is 18.5 Å². The predicted molar refractivity (Wildman–Crippen MR) is 111 cm³/mol. The molecular weight excluding hydrogens is 350 g/mol. The molecule has 0 bridgehead atoms. The Bertz CT molecular complexity index is 1010. The van der Waals surface area contributed by atoms with Crippen molar-refractivity contribution in [2.45, 2.75) is 32.1 Å². The zero-order valence-electron chi connectivity index (χ0n) is 15.7. The van der Waals surface area contributed by atoms with E-state index in [-0.39, 0.29) is 5.91 Å². The zero-order valence-corrected chi connectivity index (χ0v) is 15.7. The number of nitrogens with zero attached hydrogens (tertiary/aromatic N) is 3. The lowest BCUT2D eigenvalue weighted by Crippen LogP contribution is -2.16. The van der Waals surface area contributed by atoms with E-state index in [1.165, 1.54) is 31.3 Å². The van der Waals surface area contributed by atoms with Gasteiger partial charge in [0.05, 0.1) is 11.2 Å². The van der Waals surface area contributed by atoms with Crippen LogP contribution in [0, 0.1) is 0 Å². The summed E-state index contributed by atoms with van der Waals surface area (Å²) in [6.45, 7) is 0.768. The number of fused-ring (bicyclic) bond motifs is 1. The molecule has 0 aliphatic heterocycles. The van der Waals surface area contributed by atoms with Crippen molar-refractivity contribution < 1.29 is 4.79 Å². The Hall–Kier alpha value is -3.28. The first-order valence-electron chi connectivity index (χ1n) is 9.69. The van der Waals surface area contributed by atoms with Gasteiger partial charge in [0.2, 0.25) is 5.95 Å². The Balaban J connectivity index is 1.41. The third-order valence-corrected chi connectivity index (χ3v) is 4.88. The van der Waals surface area contributed by atoms with Crippen LogP contribution in [-0.2, 0) is 0 Å². The lowest BCUT2D eigenvalue weighted by atomic mass is 9.97. The van der Waals surface area contributed by atoms with E-state index < -0.39 is 0 Å². The number of nitrogens with one attached hydrogen (secondary N) is 2. The first-order chi connectivity index (χ1) is 13.8. The topological polar surface area (TPSA) is 79.8 Å². The molecule has 2 N–H and O–H groups in total. The molecule has 0 unspecified atom stereocenters. The van der Waals surface area contributed by atoms with Gasteiger partial charge in [-0.3, -0.25) is 9.78 Å². The second kappa shape index (κ2) is 8.61. The highest BCUT2D eigenvalue weighted by Gasteiger charge is 2.12. The molecule has 0 saturated carbocycles. The highest BCUT2D eigenvalue weighted by Crippen LogP contribution is 2.21. The van der Waals surface area contributed by atoms with Gasteiger partial charge in [-0.2, -0.15) is 0 Å². The molecule has 142 valence electrons. The molecular formula is C22H23N5O. The minimum atomic E-state index is -0.279. The van der Waals surface area contributed by atoms with Gasteiger partial charge in [0, 0.05) is 24.3 Å². The Morgan fingerprint density at radius 3 is 2.86 bits per heavy atom. The molecule has 0 spiro atoms. The van der Waals surface area contributed by atoms with Gasteiger partial charge in [0.15, 0.2) is 0 Å². The molecule has 0 atom stereocenters. The largest absolute Gasteiger partial charge is 0.354 e. The smallest absolute Gasteiger partial charge is 0.274 e. The highest BCUT2D eigenvalue weighted by molar-refractivity contribution is 6.07. The van der Waals surface area contributed by atoms with Crippen LogP contribution in [-0.4, -0.2) is 27.4 Å². The molecule has 1 aromatic carbocycles. The molecule has 0 radical (unpaired) electrons. The van der Waals surface area contributed by atoms with Crippen molar-refractivity contribution in [3.8, 4) is 0 Å². The lowest BCUT2D eigenvalue weighted by Gasteiger charge is -2.13. The molecule has 4 rings (SSSR count). The summed E-state index contributed by atoms with van der Waals surface area (Å²) in [4.78, 5) is 25.6. The molecule has 1 aliphatic carbocycles. The Morgan fingerprint density at radius 2 is 1.96 bits per heavy atom. The number of amides is 1. The number of pyridine rings is 1. The van der Waals surface area contributed by atoms with E-state index in [4.69, 9.17) is 0 Å². The summed E-state index contributed by atoms with van der Waals surface area (Å²) in [5, 5.41) is 7.11. The molecule has 0 saturated heterocycles. The van der Waals surface area contributed by atoms with Crippen LogP contribution in [0.5, 0.6) is 0 Å². The fourth-order valence-corrected chi connectivity index (χ4v) is 3.43. The van der Waals surface area contributed by atoms with Crippen molar-refractivity contribution in [1.29, 1.82) is 0 Å². The van der Waals surface area contributed by atoms with Gasteiger partial charge in [0.25, 0.3) is 5.91 Å². The summed E-state index contributed by atoms with van der Waals surface area (Å²) < 4.78 is 0. The van der Waals surface area contributed by atoms with E-state index in [1.807, 2.05) is 30.3 Å². The van der Waals surface area contributed by atoms with Crippen molar-refractivity contribution in [1.82, 2.24) is 15.0 Å². The van der Waals surface area contributed by atoms with Crippen LogP contribution in [0.3, 0.4) is 0 Å². The predicted octanol–water partition coefficient (Wildman–Crippen LogP) is 4.58. The summed E-state index contributed by atoms with van der Waals surface area (Å²) in [6, 6.07) is 11.2. The van der Waals surface area contributed by atoms with Gasteiger partial charge in [-0.15, -0.1) is 0 Å². The monoisotopic (exact) mass is 373 g/mol. The van der Waals surface area contributed by atoms with Crippen LogP contribution in [0.25, 0.3) is 10.9 Å². The number of hydrogen-bond donors (Lipinski definition) is 2. The lowest BCUT2D eigenvalue weighted by molar-refractivity contribution is 0.102. The molecule has 3 aromatic rings. The number of allylic oxidation sites excluding steroid dienone is 1. The van der Waals surface area contributed by atoms with Crippen molar-refractivity contribution >= 4 is 28.4 Å². The second-order valence-electron chi connectivity index (χ2n) is 6.89. The van der Waals surface area contributed by atoms with Crippen molar-refractivity contribution in [3.63, 3.8) is 0 Å². The number of rotatable bonds is 6. The first-order valence-corrected chi connectivity index (χ1v) is 9.69. The van der Waals surface area contributed by atoms with E-state index in [9.17, 15) is 4.79 Å². The summed E-state index contributed by atoms with van der Waals surface area (Å²) in [7, 11) is 0. The summed E-state index contributed by atoms with van der Waals surface area (Å²) >= 11 is 0. The van der Waals surface area contributed by atoms with Crippen molar-refractivity contribution in [3.05, 3.63) is 66.1 Å². The molecule has 1 aliphatic rings. The molecule has 28 heavy (non-hydrogen) atoms. The highest BCUT2D eigenvalue weighted by atomic mass is 16.1. The third kappa shape index (κ3) is 4.34. The van der Waals surface area contributed by atoms with Gasteiger partial charge >= 0.3 is 0 Å². The summed E-state index contributed by atoms with van der Waals surface area (Å²) in [5.41, 5.74) is 3.24. The molecule has 6 nitrogen and oxygen atoms in total. The molecule has 1 amide bonds. The van der Waals surface area contributed by atoms with Crippen molar-refractivity contribution in [2.24, 2.45) is 0 Å². The number of carbonyl (C=O) groups excluding carboxylic acids is 1. The number of hydrogen-bond acceptors (Lipinski definition) is 5. The summed E-state index contributed by atoms with van der Waals surface area (Å²) in [5.74, 6) is 0.193. The minimum Gasteiger partial charge on any atom is -0.354 e. The Labute approximate surface area is 164 Å². The molecule has 2 aromatic heterocycles. The van der Waals surface area contributed by atoms with E-state index in [0.717, 1.165) is 23.9 Å².